The fraction of sp³-hybridized carbons (Fsp3) is 0.419. The van der Waals surface area contributed by atoms with Crippen molar-refractivity contribution in [3.63, 3.8) is 0 Å². The van der Waals surface area contributed by atoms with E-state index in [9.17, 15) is 10.1 Å². The van der Waals surface area contributed by atoms with Gasteiger partial charge in [-0.3, -0.25) is 4.79 Å². The van der Waals surface area contributed by atoms with E-state index in [4.69, 9.17) is 16.2 Å². The number of anilines is 1. The van der Waals surface area contributed by atoms with E-state index >= 15 is 0 Å². The first-order chi connectivity index (χ1) is 18.8. The van der Waals surface area contributed by atoms with Gasteiger partial charge >= 0.3 is 0 Å². The first kappa shape index (κ1) is 31.3. The number of benzene rings is 2. The Hall–Kier alpha value is -3.96. The normalized spacial score (nSPS) is 13.5. The Kier molecular flexibility index (Phi) is 12.9. The highest BCUT2D eigenvalue weighted by Crippen LogP contribution is 2.42. The van der Waals surface area contributed by atoms with Crippen LogP contribution in [0.4, 0.5) is 5.69 Å². The monoisotopic (exact) mass is 533 g/mol. The quantitative estimate of drug-likeness (QED) is 0.268. The lowest BCUT2D eigenvalue weighted by Crippen LogP contribution is -2.17. The third-order valence-corrected chi connectivity index (χ3v) is 6.84. The fourth-order valence-electron chi connectivity index (χ4n) is 4.03. The van der Waals surface area contributed by atoms with Gasteiger partial charge in [-0.25, -0.2) is 0 Å². The number of nitrogen functional groups attached to an aromatic ring is 1. The molecule has 0 radical (unpaired) electrons. The summed E-state index contributed by atoms with van der Waals surface area (Å²) >= 11 is 0. The number of fused-ring (bicyclic) bond motifs is 1. The minimum absolute atomic E-state index is 0.0486. The highest BCUT2D eigenvalue weighted by Gasteiger charge is 2.27. The third kappa shape index (κ3) is 8.79. The van der Waals surface area contributed by atoms with Crippen LogP contribution in [-0.4, -0.2) is 49.4 Å². The molecule has 1 heterocycles. The predicted octanol–water partition coefficient (Wildman–Crippen LogP) is 5.69. The van der Waals surface area contributed by atoms with Crippen molar-refractivity contribution in [2.75, 3.05) is 33.0 Å². The number of methoxy groups -OCH3 is 1. The second-order valence-electron chi connectivity index (χ2n) is 9.93. The molecular formula is C31H43N5O3. The van der Waals surface area contributed by atoms with Gasteiger partial charge in [0.25, 0.3) is 6.47 Å². The van der Waals surface area contributed by atoms with Gasteiger partial charge in [0.15, 0.2) is 0 Å². The Morgan fingerprint density at radius 1 is 1.15 bits per heavy atom. The second kappa shape index (κ2) is 16.1. The van der Waals surface area contributed by atoms with E-state index in [-0.39, 0.29) is 6.10 Å². The van der Waals surface area contributed by atoms with E-state index in [1.54, 1.807) is 13.3 Å². The summed E-state index contributed by atoms with van der Waals surface area (Å²) in [6.07, 6.45) is 7.00. The van der Waals surface area contributed by atoms with Crippen molar-refractivity contribution < 1.29 is 14.3 Å². The summed E-state index contributed by atoms with van der Waals surface area (Å²) in [6, 6.07) is 19.0. The first-order valence-electron chi connectivity index (χ1n) is 13.3. The Bertz CT molecular complexity index is 1220. The number of hydrogen-bond acceptors (Lipinski definition) is 7. The zero-order valence-electron chi connectivity index (χ0n) is 23.8. The van der Waals surface area contributed by atoms with E-state index in [1.165, 1.54) is 25.5 Å². The molecule has 0 bridgehead atoms. The summed E-state index contributed by atoms with van der Waals surface area (Å²) in [5, 5.41) is 10.8. The molecular weight excluding hydrogens is 490 g/mol. The zero-order chi connectivity index (χ0) is 28.8. The molecule has 0 spiro atoms. The number of hydrogen-bond donors (Lipinski definition) is 2. The van der Waals surface area contributed by atoms with Crippen molar-refractivity contribution in [1.29, 1.82) is 5.26 Å². The minimum atomic E-state index is 0.0486. The van der Waals surface area contributed by atoms with E-state index in [0.717, 1.165) is 46.6 Å². The molecule has 1 atom stereocenters. The lowest BCUT2D eigenvalue weighted by atomic mass is 9.92. The Morgan fingerprint density at radius 3 is 2.31 bits per heavy atom. The van der Waals surface area contributed by atoms with Crippen LogP contribution in [0, 0.1) is 17.2 Å². The van der Waals surface area contributed by atoms with Crippen molar-refractivity contribution in [3.05, 3.63) is 66.5 Å². The molecule has 1 aliphatic carbocycles. The van der Waals surface area contributed by atoms with Crippen LogP contribution < -0.4 is 11.5 Å². The maximum atomic E-state index is 9.73. The Morgan fingerprint density at radius 2 is 1.82 bits per heavy atom. The molecule has 8 nitrogen and oxygen atoms in total. The minimum Gasteiger partial charge on any atom is -0.465 e. The number of nitriles is 1. The lowest BCUT2D eigenvalue weighted by Gasteiger charge is -2.30. The molecule has 3 aromatic rings. The van der Waals surface area contributed by atoms with Gasteiger partial charge < -0.3 is 30.4 Å². The van der Waals surface area contributed by atoms with Gasteiger partial charge in [0.05, 0.1) is 23.4 Å². The Labute approximate surface area is 232 Å². The molecule has 0 saturated heterocycles. The highest BCUT2D eigenvalue weighted by atomic mass is 16.5. The molecule has 1 aromatic heterocycles. The van der Waals surface area contributed by atoms with Crippen LogP contribution in [0.15, 0.2) is 60.9 Å². The standard InChI is InChI=1S/C19H17N3.C6H14N2O.C6H12O2/c20-12-17-16-6-1-2-7-18(16)22(15-4-3-5-15)19(17)13-8-10-14(21)11-9-13;1-8(4-3-7)5-6-9-2;1-5(2)6(3)8-4-7/h1-2,6-11,15H,3-5,21H2;3-4H,5-7H2,1-2H3;4-6H,1-3H3/b;4-3-;. The number of nitrogens with two attached hydrogens (primary N) is 2. The van der Waals surface area contributed by atoms with Crippen LogP contribution in [0.1, 0.15) is 51.6 Å². The average molecular weight is 534 g/mol. The van der Waals surface area contributed by atoms with Crippen LogP contribution in [0.3, 0.4) is 0 Å². The van der Waals surface area contributed by atoms with Crippen LogP contribution >= 0.6 is 0 Å². The molecule has 4 rings (SSSR count). The van der Waals surface area contributed by atoms with E-state index in [1.807, 2.05) is 75.2 Å². The van der Waals surface area contributed by atoms with Gasteiger partial charge in [-0.1, -0.05) is 44.2 Å². The Balaban J connectivity index is 0.000000262. The maximum absolute atomic E-state index is 9.73. The van der Waals surface area contributed by atoms with Gasteiger partial charge in [0.2, 0.25) is 0 Å². The summed E-state index contributed by atoms with van der Waals surface area (Å²) in [6.45, 7) is 8.00. The van der Waals surface area contributed by atoms with Gasteiger partial charge in [0.1, 0.15) is 12.2 Å². The molecule has 0 amide bonds. The SMILES string of the molecule is CC(C)C(C)OC=O.COCCN(C)/C=C\N.N#Cc1c(-c2ccc(N)cc2)n(C2CCC2)c2ccccc12. The molecule has 1 unspecified atom stereocenters. The molecule has 0 aliphatic heterocycles. The molecule has 4 N–H and O–H groups in total. The number of nitrogens with zero attached hydrogens (tertiary/aromatic N) is 3. The molecule has 1 fully saturated rings. The number of carbonyl (C=O) groups is 1. The van der Waals surface area contributed by atoms with Crippen LogP contribution in [-0.2, 0) is 14.3 Å². The summed E-state index contributed by atoms with van der Waals surface area (Å²) in [5.74, 6) is 0.417. The summed E-state index contributed by atoms with van der Waals surface area (Å²) in [5.41, 5.74) is 15.7. The molecule has 1 aliphatic rings. The zero-order valence-corrected chi connectivity index (χ0v) is 23.8. The van der Waals surface area contributed by atoms with Crippen LogP contribution in [0.25, 0.3) is 22.2 Å². The van der Waals surface area contributed by atoms with Gasteiger partial charge in [0, 0.05) is 50.2 Å². The van der Waals surface area contributed by atoms with Crippen LogP contribution in [0.5, 0.6) is 0 Å². The fourth-order valence-corrected chi connectivity index (χ4v) is 4.03. The molecule has 8 heteroatoms. The van der Waals surface area contributed by atoms with E-state index < -0.39 is 0 Å². The van der Waals surface area contributed by atoms with Gasteiger partial charge in [-0.15, -0.1) is 0 Å². The second-order valence-corrected chi connectivity index (χ2v) is 9.93. The molecule has 39 heavy (non-hydrogen) atoms. The van der Waals surface area contributed by atoms with E-state index in [0.29, 0.717) is 18.4 Å². The first-order valence-corrected chi connectivity index (χ1v) is 13.3. The lowest BCUT2D eigenvalue weighted by molar-refractivity contribution is -0.134. The number of ether oxygens (including phenoxy) is 2. The van der Waals surface area contributed by atoms with Crippen molar-refractivity contribution in [1.82, 2.24) is 9.47 Å². The number of likely N-dealkylation sites (N-methyl/N-ethyl adjacent to an activating group) is 1. The smallest absolute Gasteiger partial charge is 0.293 e. The molecule has 210 valence electrons. The topological polar surface area (TPSA) is 120 Å². The van der Waals surface area contributed by atoms with Crippen molar-refractivity contribution >= 4 is 23.1 Å². The number of para-hydroxylation sites is 1. The summed E-state index contributed by atoms with van der Waals surface area (Å²) < 4.78 is 11.8. The summed E-state index contributed by atoms with van der Waals surface area (Å²) in [4.78, 5) is 11.7. The maximum Gasteiger partial charge on any atom is 0.293 e. The number of carbonyl (C=O) groups excluding carboxylic acids is 1. The van der Waals surface area contributed by atoms with Crippen molar-refractivity contribution in [2.45, 2.75) is 52.2 Å². The largest absolute Gasteiger partial charge is 0.465 e. The highest BCUT2D eigenvalue weighted by molar-refractivity contribution is 5.94. The predicted molar refractivity (Wildman–Crippen MR) is 159 cm³/mol. The summed E-state index contributed by atoms with van der Waals surface area (Å²) in [7, 11) is 3.63. The van der Waals surface area contributed by atoms with Gasteiger partial charge in [-0.05, 0) is 55.9 Å². The van der Waals surface area contributed by atoms with Crippen LogP contribution in [0.2, 0.25) is 0 Å². The molecule has 2 aromatic carbocycles. The van der Waals surface area contributed by atoms with Crippen molar-refractivity contribution in [3.8, 4) is 17.3 Å². The molecule has 1 saturated carbocycles. The number of rotatable bonds is 9. The average Bonchev–Trinajstić information content (AvgIpc) is 3.22. The third-order valence-electron chi connectivity index (χ3n) is 6.84. The van der Waals surface area contributed by atoms with Gasteiger partial charge in [-0.2, -0.15) is 5.26 Å². The number of aromatic nitrogens is 1. The van der Waals surface area contributed by atoms with Crippen molar-refractivity contribution in [2.24, 2.45) is 11.7 Å². The van der Waals surface area contributed by atoms with E-state index in [2.05, 4.69) is 21.4 Å².